The second kappa shape index (κ2) is 6.30. The lowest BCUT2D eigenvalue weighted by atomic mass is 10.0. The average molecular weight is 280 g/mol. The van der Waals surface area contributed by atoms with Gasteiger partial charge in [-0.25, -0.2) is 4.79 Å². The molecule has 104 valence electrons. The molecule has 1 aromatic rings. The standard InChI is InChI=1S/C14H20N2O2S/c1-2-11-4-3-5-12(8-11)16-13(17)15-9-14(18)6-7-19-10-14/h3-5,8,18H,2,6-7,9-10H2,1H3,(H2,15,16,17). The van der Waals surface area contributed by atoms with Crippen LogP contribution >= 0.6 is 11.8 Å². The molecule has 1 atom stereocenters. The van der Waals surface area contributed by atoms with E-state index in [1.807, 2.05) is 24.3 Å². The van der Waals surface area contributed by atoms with E-state index in [1.165, 1.54) is 5.56 Å². The summed E-state index contributed by atoms with van der Waals surface area (Å²) in [4.78, 5) is 11.8. The first-order chi connectivity index (χ1) is 9.11. The summed E-state index contributed by atoms with van der Waals surface area (Å²) in [5.74, 6) is 1.65. The van der Waals surface area contributed by atoms with Crippen LogP contribution < -0.4 is 10.6 Å². The van der Waals surface area contributed by atoms with E-state index in [0.29, 0.717) is 12.3 Å². The summed E-state index contributed by atoms with van der Waals surface area (Å²) in [5.41, 5.74) is 1.22. The van der Waals surface area contributed by atoms with Crippen molar-refractivity contribution in [3.8, 4) is 0 Å². The lowest BCUT2D eigenvalue weighted by Gasteiger charge is -2.21. The van der Waals surface area contributed by atoms with Gasteiger partial charge in [-0.05, 0) is 36.3 Å². The van der Waals surface area contributed by atoms with E-state index in [4.69, 9.17) is 0 Å². The van der Waals surface area contributed by atoms with Crippen LogP contribution in [0.3, 0.4) is 0 Å². The summed E-state index contributed by atoms with van der Waals surface area (Å²) < 4.78 is 0. The van der Waals surface area contributed by atoms with Crippen molar-refractivity contribution in [3.63, 3.8) is 0 Å². The zero-order chi connectivity index (χ0) is 13.7. The van der Waals surface area contributed by atoms with Crippen LogP contribution in [0.15, 0.2) is 24.3 Å². The van der Waals surface area contributed by atoms with Crippen LogP contribution in [-0.4, -0.2) is 34.8 Å². The maximum atomic E-state index is 11.8. The number of carbonyl (C=O) groups is 1. The molecule has 5 heteroatoms. The SMILES string of the molecule is CCc1cccc(NC(=O)NCC2(O)CCSC2)c1. The molecule has 1 saturated heterocycles. The summed E-state index contributed by atoms with van der Waals surface area (Å²) >= 11 is 1.72. The molecule has 1 aliphatic rings. The Morgan fingerprint density at radius 2 is 2.37 bits per heavy atom. The van der Waals surface area contributed by atoms with E-state index in [1.54, 1.807) is 11.8 Å². The van der Waals surface area contributed by atoms with E-state index < -0.39 is 5.60 Å². The number of amides is 2. The van der Waals surface area contributed by atoms with Crippen LogP contribution in [0, 0.1) is 0 Å². The molecule has 19 heavy (non-hydrogen) atoms. The van der Waals surface area contributed by atoms with Gasteiger partial charge in [0.15, 0.2) is 0 Å². The zero-order valence-corrected chi connectivity index (χ0v) is 11.9. The van der Waals surface area contributed by atoms with Crippen molar-refractivity contribution >= 4 is 23.5 Å². The van der Waals surface area contributed by atoms with Crippen LogP contribution in [0.1, 0.15) is 18.9 Å². The number of benzene rings is 1. The Labute approximate surface area is 118 Å². The van der Waals surface area contributed by atoms with Gasteiger partial charge in [0, 0.05) is 18.0 Å². The Morgan fingerprint density at radius 3 is 3.05 bits per heavy atom. The molecule has 1 heterocycles. The van der Waals surface area contributed by atoms with Crippen LogP contribution in [0.5, 0.6) is 0 Å². The predicted octanol–water partition coefficient (Wildman–Crippen LogP) is 2.24. The summed E-state index contributed by atoms with van der Waals surface area (Å²) in [6.07, 6.45) is 1.68. The molecular weight excluding hydrogens is 260 g/mol. The molecule has 0 saturated carbocycles. The van der Waals surface area contributed by atoms with Gasteiger partial charge in [-0.2, -0.15) is 11.8 Å². The number of urea groups is 1. The fraction of sp³-hybridized carbons (Fsp3) is 0.500. The van der Waals surface area contributed by atoms with E-state index in [-0.39, 0.29) is 6.03 Å². The summed E-state index contributed by atoms with van der Waals surface area (Å²) in [6.45, 7) is 2.38. The second-order valence-electron chi connectivity index (χ2n) is 4.89. The Bertz CT molecular complexity index is 445. The third kappa shape index (κ3) is 4.14. The highest BCUT2D eigenvalue weighted by Crippen LogP contribution is 2.26. The number of aliphatic hydroxyl groups is 1. The summed E-state index contributed by atoms with van der Waals surface area (Å²) in [5, 5.41) is 15.7. The fourth-order valence-corrected chi connectivity index (χ4v) is 3.32. The van der Waals surface area contributed by atoms with Crippen molar-refractivity contribution < 1.29 is 9.90 Å². The number of rotatable bonds is 4. The molecule has 1 fully saturated rings. The van der Waals surface area contributed by atoms with Crippen LogP contribution in [-0.2, 0) is 6.42 Å². The van der Waals surface area contributed by atoms with E-state index in [9.17, 15) is 9.90 Å². The molecule has 2 amide bonds. The molecule has 3 N–H and O–H groups in total. The minimum Gasteiger partial charge on any atom is -0.387 e. The Morgan fingerprint density at radius 1 is 1.53 bits per heavy atom. The van der Waals surface area contributed by atoms with Gasteiger partial charge in [-0.15, -0.1) is 0 Å². The molecule has 0 bridgehead atoms. The Hall–Kier alpha value is -1.20. The van der Waals surface area contributed by atoms with Crippen LogP contribution in [0.2, 0.25) is 0 Å². The Balaban J connectivity index is 1.83. The first-order valence-electron chi connectivity index (χ1n) is 6.55. The van der Waals surface area contributed by atoms with Gasteiger partial charge in [0.1, 0.15) is 0 Å². The third-order valence-corrected chi connectivity index (χ3v) is 4.49. The zero-order valence-electron chi connectivity index (χ0n) is 11.1. The van der Waals surface area contributed by atoms with Crippen molar-refractivity contribution in [1.29, 1.82) is 0 Å². The number of anilines is 1. The number of nitrogens with one attached hydrogen (secondary N) is 2. The number of carbonyl (C=O) groups excluding carboxylic acids is 1. The Kier molecular flexibility index (Phi) is 4.71. The molecule has 4 nitrogen and oxygen atoms in total. The number of aryl methyl sites for hydroxylation is 1. The first-order valence-corrected chi connectivity index (χ1v) is 7.71. The molecule has 1 aliphatic heterocycles. The molecule has 0 spiro atoms. The number of hydrogen-bond donors (Lipinski definition) is 3. The molecular formula is C14H20N2O2S. The largest absolute Gasteiger partial charge is 0.387 e. The lowest BCUT2D eigenvalue weighted by Crippen LogP contribution is -2.44. The first kappa shape index (κ1) is 14.2. The van der Waals surface area contributed by atoms with Crippen LogP contribution in [0.4, 0.5) is 10.5 Å². The molecule has 0 radical (unpaired) electrons. The van der Waals surface area contributed by atoms with Crippen molar-refractivity contribution in [2.24, 2.45) is 0 Å². The maximum absolute atomic E-state index is 11.8. The van der Waals surface area contributed by atoms with Gasteiger partial charge < -0.3 is 15.7 Å². The molecule has 0 aromatic heterocycles. The highest BCUT2D eigenvalue weighted by molar-refractivity contribution is 7.99. The topological polar surface area (TPSA) is 61.4 Å². The predicted molar refractivity (Wildman–Crippen MR) is 79.7 cm³/mol. The molecule has 1 aromatic carbocycles. The minimum atomic E-state index is -0.743. The average Bonchev–Trinajstić information content (AvgIpc) is 2.84. The van der Waals surface area contributed by atoms with Crippen molar-refractivity contribution in [2.75, 3.05) is 23.4 Å². The smallest absolute Gasteiger partial charge is 0.319 e. The third-order valence-electron chi connectivity index (χ3n) is 3.25. The van der Waals surface area contributed by atoms with E-state index >= 15 is 0 Å². The van der Waals surface area contributed by atoms with Gasteiger partial charge >= 0.3 is 6.03 Å². The maximum Gasteiger partial charge on any atom is 0.319 e. The van der Waals surface area contributed by atoms with Gasteiger partial charge in [0.25, 0.3) is 0 Å². The van der Waals surface area contributed by atoms with Gasteiger partial charge in [-0.3, -0.25) is 0 Å². The number of hydrogen-bond acceptors (Lipinski definition) is 3. The molecule has 1 unspecified atom stereocenters. The van der Waals surface area contributed by atoms with Gasteiger partial charge in [0.05, 0.1) is 5.60 Å². The minimum absolute atomic E-state index is 0.265. The normalized spacial score (nSPS) is 22.2. The quantitative estimate of drug-likeness (QED) is 0.792. The summed E-state index contributed by atoms with van der Waals surface area (Å²) in [7, 11) is 0. The second-order valence-corrected chi connectivity index (χ2v) is 5.99. The van der Waals surface area contributed by atoms with Crippen LogP contribution in [0.25, 0.3) is 0 Å². The highest BCUT2D eigenvalue weighted by Gasteiger charge is 2.31. The lowest BCUT2D eigenvalue weighted by molar-refractivity contribution is 0.0706. The highest BCUT2D eigenvalue weighted by atomic mass is 32.2. The number of thioether (sulfide) groups is 1. The summed E-state index contributed by atoms with van der Waals surface area (Å²) in [6, 6.07) is 7.51. The van der Waals surface area contributed by atoms with Crippen molar-refractivity contribution in [2.45, 2.75) is 25.4 Å². The molecule has 2 rings (SSSR count). The van der Waals surface area contributed by atoms with E-state index in [0.717, 1.165) is 24.3 Å². The molecule has 0 aliphatic carbocycles. The van der Waals surface area contributed by atoms with Gasteiger partial charge in [-0.1, -0.05) is 19.1 Å². The monoisotopic (exact) mass is 280 g/mol. The van der Waals surface area contributed by atoms with Crippen molar-refractivity contribution in [1.82, 2.24) is 5.32 Å². The van der Waals surface area contributed by atoms with Crippen molar-refractivity contribution in [3.05, 3.63) is 29.8 Å². The van der Waals surface area contributed by atoms with E-state index in [2.05, 4.69) is 17.6 Å². The van der Waals surface area contributed by atoms with Gasteiger partial charge in [0.2, 0.25) is 0 Å². The fourth-order valence-electron chi connectivity index (χ4n) is 2.02.